The molecule has 0 fully saturated rings. The van der Waals surface area contributed by atoms with E-state index in [1.54, 1.807) is 6.92 Å². The molecule has 0 bridgehead atoms. The third-order valence-corrected chi connectivity index (χ3v) is 2.90. The molecule has 1 aromatic rings. The molecule has 0 amide bonds. The van der Waals surface area contributed by atoms with Gasteiger partial charge in [-0.3, -0.25) is 10.1 Å². The minimum absolute atomic E-state index is 0.148. The summed E-state index contributed by atoms with van der Waals surface area (Å²) in [7, 11) is -4.36. The standard InChI is InChI=1S/C9H11FN2O5S/c1-2-3-17-8-4-6(10)9(18(11,15)16)5-7(8)12(13)14/h4-5H,2-3H2,1H3,(H2,11,15,16). The Morgan fingerprint density at radius 3 is 2.56 bits per heavy atom. The van der Waals surface area contributed by atoms with Crippen LogP contribution >= 0.6 is 0 Å². The summed E-state index contributed by atoms with van der Waals surface area (Å²) >= 11 is 0. The van der Waals surface area contributed by atoms with Gasteiger partial charge in [0, 0.05) is 12.1 Å². The number of ether oxygens (including phenoxy) is 1. The first-order valence-corrected chi connectivity index (χ1v) is 6.45. The lowest BCUT2D eigenvalue weighted by Gasteiger charge is -2.07. The van der Waals surface area contributed by atoms with E-state index in [2.05, 4.69) is 0 Å². The van der Waals surface area contributed by atoms with E-state index in [9.17, 15) is 22.9 Å². The molecule has 2 N–H and O–H groups in total. The van der Waals surface area contributed by atoms with Crippen LogP contribution in [-0.4, -0.2) is 19.9 Å². The number of sulfonamides is 1. The zero-order valence-electron chi connectivity index (χ0n) is 9.42. The maximum atomic E-state index is 13.5. The summed E-state index contributed by atoms with van der Waals surface area (Å²) in [6.07, 6.45) is 0.565. The summed E-state index contributed by atoms with van der Waals surface area (Å²) in [5.74, 6) is -1.51. The van der Waals surface area contributed by atoms with Crippen LogP contribution in [0.4, 0.5) is 10.1 Å². The minimum Gasteiger partial charge on any atom is -0.487 e. The number of nitrogens with two attached hydrogens (primary N) is 1. The van der Waals surface area contributed by atoms with Crippen molar-refractivity contribution in [3.8, 4) is 5.75 Å². The molecule has 0 unspecified atom stereocenters. The molecule has 0 radical (unpaired) electrons. The Balaban J connectivity index is 3.39. The molecule has 18 heavy (non-hydrogen) atoms. The van der Waals surface area contributed by atoms with Crippen molar-refractivity contribution in [1.29, 1.82) is 0 Å². The van der Waals surface area contributed by atoms with Crippen LogP contribution in [0.15, 0.2) is 17.0 Å². The van der Waals surface area contributed by atoms with Crippen LogP contribution in [0.3, 0.4) is 0 Å². The average molecular weight is 278 g/mol. The number of nitrogens with zero attached hydrogens (tertiary/aromatic N) is 1. The first kappa shape index (κ1) is 14.3. The first-order valence-electron chi connectivity index (χ1n) is 4.91. The largest absolute Gasteiger partial charge is 0.487 e. The van der Waals surface area contributed by atoms with Crippen LogP contribution < -0.4 is 9.88 Å². The molecule has 7 nitrogen and oxygen atoms in total. The van der Waals surface area contributed by atoms with Crippen molar-refractivity contribution in [2.45, 2.75) is 18.2 Å². The highest BCUT2D eigenvalue weighted by Crippen LogP contribution is 2.31. The number of rotatable bonds is 5. The zero-order chi connectivity index (χ0) is 13.9. The maximum absolute atomic E-state index is 13.5. The Morgan fingerprint density at radius 1 is 1.50 bits per heavy atom. The first-order chi connectivity index (χ1) is 8.27. The van der Waals surface area contributed by atoms with Gasteiger partial charge in [-0.05, 0) is 6.42 Å². The number of hydrogen-bond donors (Lipinski definition) is 1. The van der Waals surface area contributed by atoms with Crippen LogP contribution in [-0.2, 0) is 10.0 Å². The normalized spacial score (nSPS) is 11.3. The molecule has 0 heterocycles. The van der Waals surface area contributed by atoms with Gasteiger partial charge in [-0.25, -0.2) is 17.9 Å². The Hall–Kier alpha value is -1.74. The smallest absolute Gasteiger partial charge is 0.312 e. The molecule has 1 rings (SSSR count). The summed E-state index contributed by atoms with van der Waals surface area (Å²) in [6.45, 7) is 1.91. The van der Waals surface area contributed by atoms with E-state index in [4.69, 9.17) is 9.88 Å². The van der Waals surface area contributed by atoms with Crippen molar-refractivity contribution in [2.24, 2.45) is 5.14 Å². The van der Waals surface area contributed by atoms with E-state index in [-0.39, 0.29) is 12.4 Å². The Labute approximate surface area is 103 Å². The number of halogens is 1. The predicted molar refractivity (Wildman–Crippen MR) is 60.2 cm³/mol. The predicted octanol–water partition coefficient (Wildman–Crippen LogP) is 1.17. The van der Waals surface area contributed by atoms with E-state index in [0.717, 1.165) is 0 Å². The molecule has 0 saturated heterocycles. The molecule has 0 aromatic heterocycles. The SMILES string of the molecule is CCCOc1cc(F)c(S(N)(=O)=O)cc1[N+](=O)[O-]. The second-order valence-electron chi connectivity index (χ2n) is 3.40. The third kappa shape index (κ3) is 3.14. The van der Waals surface area contributed by atoms with E-state index in [1.807, 2.05) is 0 Å². The van der Waals surface area contributed by atoms with Crippen molar-refractivity contribution in [3.63, 3.8) is 0 Å². The molecule has 0 atom stereocenters. The Bertz CT molecular complexity index is 573. The highest BCUT2D eigenvalue weighted by molar-refractivity contribution is 7.89. The van der Waals surface area contributed by atoms with E-state index in [1.165, 1.54) is 0 Å². The van der Waals surface area contributed by atoms with Gasteiger partial charge in [-0.1, -0.05) is 6.92 Å². The van der Waals surface area contributed by atoms with Gasteiger partial charge in [0.1, 0.15) is 10.7 Å². The summed E-state index contributed by atoms with van der Waals surface area (Å²) in [5.41, 5.74) is -0.645. The molecule has 100 valence electrons. The van der Waals surface area contributed by atoms with Crippen LogP contribution in [0.25, 0.3) is 0 Å². The number of hydrogen-bond acceptors (Lipinski definition) is 5. The van der Waals surface area contributed by atoms with Gasteiger partial charge in [-0.15, -0.1) is 0 Å². The van der Waals surface area contributed by atoms with Crippen LogP contribution in [0.1, 0.15) is 13.3 Å². The zero-order valence-corrected chi connectivity index (χ0v) is 10.2. The van der Waals surface area contributed by atoms with E-state index < -0.39 is 31.3 Å². The summed E-state index contributed by atoms with van der Waals surface area (Å²) in [5, 5.41) is 15.5. The quantitative estimate of drug-likeness (QED) is 0.641. The van der Waals surface area contributed by atoms with Gasteiger partial charge < -0.3 is 4.74 Å². The number of nitro groups is 1. The molecule has 0 spiro atoms. The summed E-state index contributed by atoms with van der Waals surface area (Å²) < 4.78 is 40.5. The fraction of sp³-hybridized carbons (Fsp3) is 0.333. The molecule has 0 aliphatic heterocycles. The number of benzene rings is 1. The molecular weight excluding hydrogens is 267 g/mol. The Morgan fingerprint density at radius 2 is 2.11 bits per heavy atom. The number of primary sulfonamides is 1. The molecule has 0 saturated carbocycles. The second-order valence-corrected chi connectivity index (χ2v) is 4.93. The van der Waals surface area contributed by atoms with Crippen LogP contribution in [0, 0.1) is 15.9 Å². The minimum atomic E-state index is -4.36. The van der Waals surface area contributed by atoms with Crippen molar-refractivity contribution in [1.82, 2.24) is 0 Å². The number of nitro benzene ring substituents is 1. The van der Waals surface area contributed by atoms with Gasteiger partial charge in [0.25, 0.3) is 0 Å². The van der Waals surface area contributed by atoms with Crippen molar-refractivity contribution >= 4 is 15.7 Å². The van der Waals surface area contributed by atoms with E-state index in [0.29, 0.717) is 18.6 Å². The summed E-state index contributed by atoms with van der Waals surface area (Å²) in [6, 6.07) is 1.20. The van der Waals surface area contributed by atoms with Crippen LogP contribution in [0.2, 0.25) is 0 Å². The third-order valence-electron chi connectivity index (χ3n) is 1.98. The molecule has 0 aliphatic carbocycles. The van der Waals surface area contributed by atoms with Gasteiger partial charge in [0.05, 0.1) is 11.5 Å². The molecule has 0 aliphatic rings. The van der Waals surface area contributed by atoms with E-state index >= 15 is 0 Å². The summed E-state index contributed by atoms with van der Waals surface area (Å²) in [4.78, 5) is 8.95. The van der Waals surface area contributed by atoms with Crippen LogP contribution in [0.5, 0.6) is 5.75 Å². The fourth-order valence-corrected chi connectivity index (χ4v) is 1.82. The lowest BCUT2D eigenvalue weighted by molar-refractivity contribution is -0.386. The van der Waals surface area contributed by atoms with Crippen molar-refractivity contribution < 1.29 is 22.5 Å². The van der Waals surface area contributed by atoms with Gasteiger partial charge >= 0.3 is 5.69 Å². The molecular formula is C9H11FN2O5S. The molecule has 9 heteroatoms. The lowest BCUT2D eigenvalue weighted by Crippen LogP contribution is -2.15. The topological polar surface area (TPSA) is 113 Å². The lowest BCUT2D eigenvalue weighted by atomic mass is 10.3. The second kappa shape index (κ2) is 5.27. The Kier molecular flexibility index (Phi) is 4.19. The highest BCUT2D eigenvalue weighted by atomic mass is 32.2. The highest BCUT2D eigenvalue weighted by Gasteiger charge is 2.24. The van der Waals surface area contributed by atoms with Crippen molar-refractivity contribution in [3.05, 3.63) is 28.1 Å². The van der Waals surface area contributed by atoms with Crippen molar-refractivity contribution in [2.75, 3.05) is 6.61 Å². The fourth-order valence-electron chi connectivity index (χ4n) is 1.21. The van der Waals surface area contributed by atoms with Gasteiger partial charge in [0.2, 0.25) is 10.0 Å². The molecule has 1 aromatic carbocycles. The maximum Gasteiger partial charge on any atom is 0.312 e. The van der Waals surface area contributed by atoms with Gasteiger partial charge in [0.15, 0.2) is 5.75 Å². The monoisotopic (exact) mass is 278 g/mol. The van der Waals surface area contributed by atoms with Gasteiger partial charge in [-0.2, -0.15) is 0 Å². The average Bonchev–Trinajstić information content (AvgIpc) is 2.23.